The summed E-state index contributed by atoms with van der Waals surface area (Å²) >= 11 is 5.84. The third-order valence-corrected chi connectivity index (χ3v) is 5.08. The average Bonchev–Trinajstić information content (AvgIpc) is 2.87. The number of esters is 1. The second kappa shape index (κ2) is 13.2. The number of unbranched alkanes of at least 4 members (excludes halogenated alkanes) is 1. The van der Waals surface area contributed by atoms with Crippen molar-refractivity contribution >= 4 is 29.7 Å². The summed E-state index contributed by atoms with van der Waals surface area (Å²) in [6, 6.07) is 20.3. The van der Waals surface area contributed by atoms with Crippen LogP contribution in [0.2, 0.25) is 5.02 Å². The second-order valence-electron chi connectivity index (χ2n) is 7.63. The second-order valence-corrected chi connectivity index (χ2v) is 8.07. The third-order valence-electron chi connectivity index (χ3n) is 4.83. The van der Waals surface area contributed by atoms with E-state index in [2.05, 4.69) is 17.5 Å². The van der Waals surface area contributed by atoms with Crippen LogP contribution in [-0.2, 0) is 4.79 Å². The van der Waals surface area contributed by atoms with Gasteiger partial charge in [-0.1, -0.05) is 24.9 Å². The molecule has 0 aliphatic heterocycles. The topological polar surface area (TPSA) is 86.2 Å². The van der Waals surface area contributed by atoms with Crippen LogP contribution in [0.25, 0.3) is 0 Å². The van der Waals surface area contributed by atoms with Gasteiger partial charge in [0.25, 0.3) is 5.91 Å². The molecular weight excluding hydrogens is 468 g/mol. The molecule has 1 amide bonds. The number of carbonyl (C=O) groups is 2. The minimum absolute atomic E-state index is 0.393. The molecule has 1 atom stereocenters. The molecule has 0 aromatic heterocycles. The number of rotatable bonds is 11. The van der Waals surface area contributed by atoms with Crippen molar-refractivity contribution in [3.8, 4) is 17.2 Å². The number of ether oxygens (including phenoxy) is 3. The fraction of sp³-hybridized carbons (Fsp3) is 0.222. The predicted molar refractivity (Wildman–Crippen MR) is 136 cm³/mol. The number of carbonyl (C=O) groups excluding carboxylic acids is 2. The highest BCUT2D eigenvalue weighted by Gasteiger charge is 2.14. The summed E-state index contributed by atoms with van der Waals surface area (Å²) in [6.45, 7) is 4.37. The van der Waals surface area contributed by atoms with Gasteiger partial charge in [-0.3, -0.25) is 4.79 Å². The van der Waals surface area contributed by atoms with E-state index in [-0.39, 0.29) is 0 Å². The van der Waals surface area contributed by atoms with Gasteiger partial charge in [0.05, 0.1) is 18.4 Å². The molecule has 0 fully saturated rings. The Bertz CT molecular complexity index is 1130. The maximum atomic E-state index is 12.4. The molecule has 182 valence electrons. The first-order chi connectivity index (χ1) is 16.9. The molecule has 0 heterocycles. The van der Waals surface area contributed by atoms with Crippen LogP contribution in [0.1, 0.15) is 42.6 Å². The van der Waals surface area contributed by atoms with Crippen LogP contribution in [0.5, 0.6) is 17.2 Å². The highest BCUT2D eigenvalue weighted by atomic mass is 35.5. The number of amides is 1. The van der Waals surface area contributed by atoms with Crippen molar-refractivity contribution in [2.75, 3.05) is 6.61 Å². The average molecular weight is 495 g/mol. The van der Waals surface area contributed by atoms with Crippen LogP contribution in [0.4, 0.5) is 0 Å². The molecule has 0 aliphatic carbocycles. The molecule has 8 heteroatoms. The van der Waals surface area contributed by atoms with Crippen molar-refractivity contribution in [2.45, 2.75) is 32.8 Å². The lowest BCUT2D eigenvalue weighted by Gasteiger charge is -2.12. The van der Waals surface area contributed by atoms with E-state index in [1.54, 1.807) is 79.7 Å². The zero-order valence-electron chi connectivity index (χ0n) is 19.6. The van der Waals surface area contributed by atoms with Crippen molar-refractivity contribution in [1.82, 2.24) is 5.43 Å². The van der Waals surface area contributed by atoms with E-state index in [1.807, 2.05) is 0 Å². The fourth-order valence-electron chi connectivity index (χ4n) is 2.84. The first kappa shape index (κ1) is 25.8. The van der Waals surface area contributed by atoms with Crippen LogP contribution in [0, 0.1) is 0 Å². The summed E-state index contributed by atoms with van der Waals surface area (Å²) < 4.78 is 16.6. The highest BCUT2D eigenvalue weighted by molar-refractivity contribution is 6.30. The number of hydrogen-bond donors (Lipinski definition) is 1. The monoisotopic (exact) mass is 494 g/mol. The van der Waals surface area contributed by atoms with E-state index in [1.165, 1.54) is 6.21 Å². The van der Waals surface area contributed by atoms with Gasteiger partial charge in [-0.2, -0.15) is 5.10 Å². The number of nitrogens with zero attached hydrogens (tertiary/aromatic N) is 1. The molecule has 1 N–H and O–H groups in total. The van der Waals surface area contributed by atoms with Gasteiger partial charge < -0.3 is 14.2 Å². The van der Waals surface area contributed by atoms with Crippen molar-refractivity contribution in [3.63, 3.8) is 0 Å². The Labute approximate surface area is 209 Å². The lowest BCUT2D eigenvalue weighted by Crippen LogP contribution is -2.33. The standard InChI is InChI=1S/C27H27ClN2O5/c1-3-4-17-33-23-13-7-21(8-14-23)27(32)35-25-11-5-20(6-12-25)18-29-30-26(31)19(2)34-24-15-9-22(28)10-16-24/h5-16,18-19H,3-4,17H2,1-2H3,(H,30,31). The molecule has 0 saturated heterocycles. The van der Waals surface area contributed by atoms with Gasteiger partial charge in [-0.15, -0.1) is 0 Å². The van der Waals surface area contributed by atoms with Crippen molar-refractivity contribution in [2.24, 2.45) is 5.10 Å². The van der Waals surface area contributed by atoms with Crippen LogP contribution < -0.4 is 19.6 Å². The molecule has 3 aromatic carbocycles. The van der Waals surface area contributed by atoms with E-state index >= 15 is 0 Å². The fourth-order valence-corrected chi connectivity index (χ4v) is 2.97. The van der Waals surface area contributed by atoms with Gasteiger partial charge >= 0.3 is 5.97 Å². The molecule has 3 aromatic rings. The third kappa shape index (κ3) is 8.46. The largest absolute Gasteiger partial charge is 0.494 e. The molecule has 0 aliphatic rings. The summed E-state index contributed by atoms with van der Waals surface area (Å²) in [5.74, 6) is 0.778. The Hall–Kier alpha value is -3.84. The van der Waals surface area contributed by atoms with Gasteiger partial charge in [0.2, 0.25) is 0 Å². The molecule has 0 spiro atoms. The maximum absolute atomic E-state index is 12.4. The molecule has 0 saturated carbocycles. The Morgan fingerprint density at radius 2 is 1.57 bits per heavy atom. The number of hydrogen-bond acceptors (Lipinski definition) is 6. The SMILES string of the molecule is CCCCOc1ccc(C(=O)Oc2ccc(C=NNC(=O)C(C)Oc3ccc(Cl)cc3)cc2)cc1. The Morgan fingerprint density at radius 1 is 0.943 bits per heavy atom. The quantitative estimate of drug-likeness (QED) is 0.122. The van der Waals surface area contributed by atoms with E-state index in [9.17, 15) is 9.59 Å². The van der Waals surface area contributed by atoms with Gasteiger partial charge in [0, 0.05) is 5.02 Å². The molecule has 7 nitrogen and oxygen atoms in total. The van der Waals surface area contributed by atoms with E-state index in [0.29, 0.717) is 34.3 Å². The number of hydrazone groups is 1. The van der Waals surface area contributed by atoms with Crippen LogP contribution in [-0.4, -0.2) is 30.8 Å². The summed E-state index contributed by atoms with van der Waals surface area (Å²) in [5.41, 5.74) is 3.58. The molecule has 0 bridgehead atoms. The first-order valence-corrected chi connectivity index (χ1v) is 11.6. The first-order valence-electron chi connectivity index (χ1n) is 11.2. The molecule has 0 radical (unpaired) electrons. The lowest BCUT2D eigenvalue weighted by molar-refractivity contribution is -0.127. The zero-order chi connectivity index (χ0) is 25.0. The van der Waals surface area contributed by atoms with Crippen LogP contribution >= 0.6 is 11.6 Å². The van der Waals surface area contributed by atoms with Crippen molar-refractivity contribution < 1.29 is 23.8 Å². The summed E-state index contributed by atoms with van der Waals surface area (Å²) in [6.07, 6.45) is 2.78. The van der Waals surface area contributed by atoms with E-state index < -0.39 is 18.0 Å². The van der Waals surface area contributed by atoms with Gasteiger partial charge in [0.15, 0.2) is 6.10 Å². The van der Waals surface area contributed by atoms with E-state index in [0.717, 1.165) is 18.6 Å². The zero-order valence-corrected chi connectivity index (χ0v) is 20.3. The molecule has 3 rings (SSSR count). The lowest BCUT2D eigenvalue weighted by atomic mass is 10.2. The normalized spacial score (nSPS) is 11.6. The molecule has 35 heavy (non-hydrogen) atoms. The summed E-state index contributed by atoms with van der Waals surface area (Å²) in [7, 11) is 0. The minimum Gasteiger partial charge on any atom is -0.494 e. The van der Waals surface area contributed by atoms with Crippen molar-refractivity contribution in [1.29, 1.82) is 0 Å². The van der Waals surface area contributed by atoms with E-state index in [4.69, 9.17) is 25.8 Å². The predicted octanol–water partition coefficient (Wildman–Crippen LogP) is 5.66. The Morgan fingerprint density at radius 3 is 2.23 bits per heavy atom. The van der Waals surface area contributed by atoms with Crippen LogP contribution in [0.15, 0.2) is 77.9 Å². The smallest absolute Gasteiger partial charge is 0.343 e. The van der Waals surface area contributed by atoms with Gasteiger partial charge in [0.1, 0.15) is 17.2 Å². The molecular formula is C27H27ClN2O5. The molecule has 1 unspecified atom stereocenters. The Balaban J connectivity index is 1.46. The maximum Gasteiger partial charge on any atom is 0.343 e. The van der Waals surface area contributed by atoms with Crippen LogP contribution in [0.3, 0.4) is 0 Å². The number of nitrogens with one attached hydrogen (secondary N) is 1. The summed E-state index contributed by atoms with van der Waals surface area (Å²) in [4.78, 5) is 24.5. The minimum atomic E-state index is -0.743. The Kier molecular flexibility index (Phi) is 9.69. The number of halogens is 1. The van der Waals surface area contributed by atoms with Gasteiger partial charge in [-0.25, -0.2) is 10.2 Å². The summed E-state index contributed by atoms with van der Waals surface area (Å²) in [5, 5.41) is 4.53. The number of benzene rings is 3. The van der Waals surface area contributed by atoms with Crippen molar-refractivity contribution in [3.05, 3.63) is 88.9 Å². The highest BCUT2D eigenvalue weighted by Crippen LogP contribution is 2.18. The van der Waals surface area contributed by atoms with Gasteiger partial charge in [-0.05, 0) is 91.7 Å².